The second-order valence-electron chi connectivity index (χ2n) is 8.58. The third-order valence-corrected chi connectivity index (χ3v) is 6.60. The monoisotopic (exact) mass is 456 g/mol. The highest BCUT2D eigenvalue weighted by Gasteiger charge is 2.55. The Morgan fingerprint density at radius 1 is 1.17 bits per heavy atom. The highest BCUT2D eigenvalue weighted by atomic mass is 79.9. The molecule has 5 nitrogen and oxygen atoms in total. The molecule has 0 unspecified atom stereocenters. The molecule has 2 aromatic rings. The number of hydrogen-bond donors (Lipinski definition) is 0. The summed E-state index contributed by atoms with van der Waals surface area (Å²) in [5, 5.41) is 7.32. The summed E-state index contributed by atoms with van der Waals surface area (Å²) in [4.78, 5) is 0. The lowest BCUT2D eigenvalue weighted by Crippen LogP contribution is -2.60. The Morgan fingerprint density at radius 2 is 1.97 bits per heavy atom. The molecule has 0 amide bonds. The highest BCUT2D eigenvalue weighted by molar-refractivity contribution is 9.10. The lowest BCUT2D eigenvalue weighted by molar-refractivity contribution is -0.212. The standard InChI is InChI=1S/C23H25BrN2O3/c1-22(2)14-23(11-12-28-22)26-19(17-5-4-6-20(27-3)21(17)29-23)13-18(25-26)15-7-9-16(24)10-8-15/h4-10,19H,11-14H2,1-3H3/t19-,23-/m1/s1. The van der Waals surface area contributed by atoms with Crippen molar-refractivity contribution in [2.24, 2.45) is 5.10 Å². The summed E-state index contributed by atoms with van der Waals surface area (Å²) >= 11 is 3.52. The molecule has 0 aromatic heterocycles. The molecular weight excluding hydrogens is 432 g/mol. The molecular formula is C23H25BrN2O3. The number of methoxy groups -OCH3 is 1. The lowest BCUT2D eigenvalue weighted by atomic mass is 9.86. The fourth-order valence-electron chi connectivity index (χ4n) is 4.82. The van der Waals surface area contributed by atoms with Gasteiger partial charge in [-0.2, -0.15) is 5.10 Å². The average Bonchev–Trinajstić information content (AvgIpc) is 3.14. The first-order chi connectivity index (χ1) is 13.9. The SMILES string of the molecule is COc1cccc2c1O[C@@]1(CCOC(C)(C)C1)N1N=C(c3ccc(Br)cc3)C[C@H]21. The van der Waals surface area contributed by atoms with Crippen LogP contribution in [0.15, 0.2) is 52.0 Å². The molecule has 0 radical (unpaired) electrons. The Bertz CT molecular complexity index is 973. The first-order valence-electron chi connectivity index (χ1n) is 10.0. The second-order valence-corrected chi connectivity index (χ2v) is 9.50. The normalized spacial score (nSPS) is 27.1. The predicted molar refractivity (Wildman–Crippen MR) is 115 cm³/mol. The molecule has 5 rings (SSSR count). The van der Waals surface area contributed by atoms with Crippen molar-refractivity contribution < 1.29 is 14.2 Å². The number of rotatable bonds is 2. The Balaban J connectivity index is 1.63. The summed E-state index contributed by atoms with van der Waals surface area (Å²) in [7, 11) is 1.70. The minimum Gasteiger partial charge on any atom is -0.493 e. The van der Waals surface area contributed by atoms with E-state index in [1.807, 2.05) is 12.1 Å². The van der Waals surface area contributed by atoms with Gasteiger partial charge in [-0.3, -0.25) is 0 Å². The zero-order valence-corrected chi connectivity index (χ0v) is 18.5. The second kappa shape index (κ2) is 6.74. The van der Waals surface area contributed by atoms with Crippen LogP contribution in [0, 0.1) is 0 Å². The van der Waals surface area contributed by atoms with Gasteiger partial charge < -0.3 is 14.2 Å². The van der Waals surface area contributed by atoms with E-state index in [9.17, 15) is 0 Å². The molecule has 3 heterocycles. The maximum Gasteiger partial charge on any atom is 0.203 e. The molecule has 2 aromatic carbocycles. The highest BCUT2D eigenvalue weighted by Crippen LogP contribution is 2.54. The van der Waals surface area contributed by atoms with Gasteiger partial charge in [0.05, 0.1) is 31.1 Å². The van der Waals surface area contributed by atoms with Gasteiger partial charge in [-0.1, -0.05) is 40.2 Å². The number of para-hydroxylation sites is 1. The van der Waals surface area contributed by atoms with Crippen LogP contribution in [-0.4, -0.2) is 35.8 Å². The third kappa shape index (κ3) is 3.13. The van der Waals surface area contributed by atoms with Gasteiger partial charge in [0.1, 0.15) is 0 Å². The summed E-state index contributed by atoms with van der Waals surface area (Å²) in [6.45, 7) is 4.89. The van der Waals surface area contributed by atoms with E-state index in [1.165, 1.54) is 0 Å². The number of ether oxygens (including phenoxy) is 3. The van der Waals surface area contributed by atoms with Crippen LogP contribution < -0.4 is 9.47 Å². The number of benzene rings is 2. The molecule has 3 aliphatic rings. The lowest BCUT2D eigenvalue weighted by Gasteiger charge is -2.52. The fraction of sp³-hybridized carbons (Fsp3) is 0.435. The molecule has 0 N–H and O–H groups in total. The van der Waals surface area contributed by atoms with Gasteiger partial charge in [0.25, 0.3) is 0 Å². The Labute approximate surface area is 179 Å². The maximum absolute atomic E-state index is 6.74. The summed E-state index contributed by atoms with van der Waals surface area (Å²) in [5.41, 5.74) is 2.55. The van der Waals surface area contributed by atoms with Crippen LogP contribution in [0.3, 0.4) is 0 Å². The van der Waals surface area contributed by atoms with Crippen LogP contribution in [0.25, 0.3) is 0 Å². The molecule has 29 heavy (non-hydrogen) atoms. The van der Waals surface area contributed by atoms with Crippen LogP contribution in [0.4, 0.5) is 0 Å². The minimum atomic E-state index is -0.537. The zero-order chi connectivity index (χ0) is 20.2. The molecule has 0 aliphatic carbocycles. The molecule has 1 fully saturated rings. The van der Waals surface area contributed by atoms with Crippen molar-refractivity contribution in [2.45, 2.75) is 50.5 Å². The van der Waals surface area contributed by atoms with Crippen molar-refractivity contribution in [1.29, 1.82) is 0 Å². The zero-order valence-electron chi connectivity index (χ0n) is 16.9. The summed E-state index contributed by atoms with van der Waals surface area (Å²) in [6, 6.07) is 14.6. The first-order valence-corrected chi connectivity index (χ1v) is 10.8. The molecule has 0 saturated carbocycles. The molecule has 1 saturated heterocycles. The van der Waals surface area contributed by atoms with Crippen molar-refractivity contribution in [3.63, 3.8) is 0 Å². The van der Waals surface area contributed by atoms with E-state index in [0.717, 1.165) is 52.1 Å². The van der Waals surface area contributed by atoms with E-state index in [2.05, 4.69) is 65.1 Å². The molecule has 6 heteroatoms. The van der Waals surface area contributed by atoms with Crippen LogP contribution in [-0.2, 0) is 4.74 Å². The Morgan fingerprint density at radius 3 is 2.69 bits per heavy atom. The van der Waals surface area contributed by atoms with Gasteiger partial charge >= 0.3 is 0 Å². The van der Waals surface area contributed by atoms with Crippen LogP contribution >= 0.6 is 15.9 Å². The Hall–Kier alpha value is -2.05. The van der Waals surface area contributed by atoms with E-state index in [1.54, 1.807) is 7.11 Å². The average molecular weight is 457 g/mol. The predicted octanol–water partition coefficient (Wildman–Crippen LogP) is 5.29. The minimum absolute atomic E-state index is 0.126. The van der Waals surface area contributed by atoms with Gasteiger partial charge in [0.2, 0.25) is 5.72 Å². The summed E-state index contributed by atoms with van der Waals surface area (Å²) in [6.07, 6.45) is 2.35. The number of halogens is 1. The van der Waals surface area contributed by atoms with Crippen molar-refractivity contribution in [2.75, 3.05) is 13.7 Å². The van der Waals surface area contributed by atoms with Crippen LogP contribution in [0.2, 0.25) is 0 Å². The maximum atomic E-state index is 6.74. The van der Waals surface area contributed by atoms with Crippen molar-refractivity contribution in [3.8, 4) is 11.5 Å². The summed E-state index contributed by atoms with van der Waals surface area (Å²) in [5.74, 6) is 1.63. The smallest absolute Gasteiger partial charge is 0.203 e. The fourth-order valence-corrected chi connectivity index (χ4v) is 5.09. The van der Waals surface area contributed by atoms with E-state index in [4.69, 9.17) is 19.3 Å². The molecule has 1 spiro atoms. The molecule has 2 atom stereocenters. The van der Waals surface area contributed by atoms with Crippen molar-refractivity contribution >= 4 is 21.6 Å². The molecule has 0 bridgehead atoms. The van der Waals surface area contributed by atoms with E-state index in [-0.39, 0.29) is 11.6 Å². The quantitative estimate of drug-likeness (QED) is 0.615. The first kappa shape index (κ1) is 18.9. The van der Waals surface area contributed by atoms with E-state index in [0.29, 0.717) is 6.61 Å². The van der Waals surface area contributed by atoms with Gasteiger partial charge in [0.15, 0.2) is 11.5 Å². The van der Waals surface area contributed by atoms with Crippen LogP contribution in [0.5, 0.6) is 11.5 Å². The van der Waals surface area contributed by atoms with Gasteiger partial charge in [0, 0.05) is 29.3 Å². The summed E-state index contributed by atoms with van der Waals surface area (Å²) < 4.78 is 19.5. The van der Waals surface area contributed by atoms with Crippen molar-refractivity contribution in [3.05, 3.63) is 58.1 Å². The number of fused-ring (bicyclic) bond motifs is 4. The Kier molecular flexibility index (Phi) is 4.40. The third-order valence-electron chi connectivity index (χ3n) is 6.07. The van der Waals surface area contributed by atoms with Gasteiger partial charge in [-0.05, 0) is 37.6 Å². The number of hydrazone groups is 1. The van der Waals surface area contributed by atoms with Gasteiger partial charge in [-0.25, -0.2) is 5.01 Å². The van der Waals surface area contributed by atoms with E-state index < -0.39 is 5.72 Å². The van der Waals surface area contributed by atoms with Crippen molar-refractivity contribution in [1.82, 2.24) is 5.01 Å². The molecule has 152 valence electrons. The van der Waals surface area contributed by atoms with Crippen LogP contribution in [0.1, 0.15) is 50.3 Å². The topological polar surface area (TPSA) is 43.3 Å². The molecule has 3 aliphatic heterocycles. The number of nitrogens with zero attached hydrogens (tertiary/aromatic N) is 2. The number of hydrogen-bond acceptors (Lipinski definition) is 5. The van der Waals surface area contributed by atoms with Gasteiger partial charge in [-0.15, -0.1) is 0 Å². The van der Waals surface area contributed by atoms with E-state index >= 15 is 0 Å². The largest absolute Gasteiger partial charge is 0.493 e.